The summed E-state index contributed by atoms with van der Waals surface area (Å²) in [7, 11) is -3.70. The van der Waals surface area contributed by atoms with Gasteiger partial charge in [-0.05, 0) is 24.3 Å². The summed E-state index contributed by atoms with van der Waals surface area (Å²) in [5.74, 6) is -1.28. The highest BCUT2D eigenvalue weighted by molar-refractivity contribution is 7.89. The van der Waals surface area contributed by atoms with Crippen LogP contribution in [-0.2, 0) is 14.8 Å². The fraction of sp³-hybridized carbons (Fsp3) is 0.250. The van der Waals surface area contributed by atoms with E-state index in [1.807, 2.05) is 4.72 Å². The van der Waals surface area contributed by atoms with Gasteiger partial charge in [0.25, 0.3) is 5.91 Å². The molecule has 1 fully saturated rings. The highest BCUT2D eigenvalue weighted by Crippen LogP contribution is 2.34. The zero-order valence-corrected chi connectivity index (χ0v) is 15.1. The lowest BCUT2D eigenvalue weighted by Crippen LogP contribution is -2.38. The largest absolute Gasteiger partial charge is 0.485 e. The first-order chi connectivity index (χ1) is 12.2. The van der Waals surface area contributed by atoms with Crippen LogP contribution in [-0.4, -0.2) is 44.9 Å². The maximum Gasteiger partial charge on any atom is 0.264 e. The molecule has 0 unspecified atom stereocenters. The Bertz CT molecular complexity index is 963. The number of ether oxygens (including phenoxy) is 2. The van der Waals surface area contributed by atoms with Crippen LogP contribution in [0.2, 0.25) is 5.02 Å². The number of halogens is 2. The van der Waals surface area contributed by atoms with E-state index in [4.69, 9.17) is 21.1 Å². The molecule has 0 aliphatic carbocycles. The van der Waals surface area contributed by atoms with Gasteiger partial charge < -0.3 is 9.47 Å². The van der Waals surface area contributed by atoms with Gasteiger partial charge in [0.05, 0.1) is 24.5 Å². The standard InChI is InChI=1S/C16H14ClFN2O5S/c1-26(22,23)20-16(21)9-2-3-12(10-4-13(17)15(18)19-6-10)14(5-9)25-11-7-24-8-11/h2-6,11H,7-8H2,1H3,(H,20,21). The zero-order chi connectivity index (χ0) is 18.9. The number of nitrogens with zero attached hydrogens (tertiary/aromatic N) is 1. The molecule has 26 heavy (non-hydrogen) atoms. The van der Waals surface area contributed by atoms with Gasteiger partial charge in [-0.2, -0.15) is 4.39 Å². The van der Waals surface area contributed by atoms with Crippen LogP contribution in [0.5, 0.6) is 5.75 Å². The average Bonchev–Trinajstić information content (AvgIpc) is 2.52. The molecule has 0 radical (unpaired) electrons. The molecule has 1 aromatic heterocycles. The van der Waals surface area contributed by atoms with Crippen molar-refractivity contribution in [2.24, 2.45) is 0 Å². The third-order valence-electron chi connectivity index (χ3n) is 3.53. The van der Waals surface area contributed by atoms with E-state index in [0.717, 1.165) is 6.26 Å². The van der Waals surface area contributed by atoms with E-state index in [1.54, 1.807) is 6.07 Å². The molecule has 3 rings (SSSR count). The number of sulfonamides is 1. The molecule has 0 bridgehead atoms. The molecule has 7 nitrogen and oxygen atoms in total. The van der Waals surface area contributed by atoms with Crippen molar-refractivity contribution in [3.8, 4) is 16.9 Å². The Morgan fingerprint density at radius 3 is 2.69 bits per heavy atom. The van der Waals surface area contributed by atoms with Gasteiger partial charge in [-0.3, -0.25) is 4.79 Å². The number of benzene rings is 1. The molecule has 10 heteroatoms. The van der Waals surface area contributed by atoms with Crippen molar-refractivity contribution in [2.75, 3.05) is 19.5 Å². The molecule has 1 aliphatic rings. The zero-order valence-electron chi connectivity index (χ0n) is 13.5. The minimum Gasteiger partial charge on any atom is -0.485 e. The topological polar surface area (TPSA) is 94.6 Å². The quantitative estimate of drug-likeness (QED) is 0.771. The minimum atomic E-state index is -3.70. The average molecular weight is 401 g/mol. The third kappa shape index (κ3) is 4.29. The van der Waals surface area contributed by atoms with Gasteiger partial charge in [0, 0.05) is 22.9 Å². The SMILES string of the molecule is CS(=O)(=O)NC(=O)c1ccc(-c2cnc(F)c(Cl)c2)c(OC2COC2)c1. The second-order valence-electron chi connectivity index (χ2n) is 5.69. The lowest BCUT2D eigenvalue weighted by molar-refractivity contribution is -0.0794. The van der Waals surface area contributed by atoms with Crippen molar-refractivity contribution in [3.63, 3.8) is 0 Å². The molecule has 1 aliphatic heterocycles. The Kier molecular flexibility index (Phi) is 5.12. The lowest BCUT2D eigenvalue weighted by Gasteiger charge is -2.28. The van der Waals surface area contributed by atoms with E-state index >= 15 is 0 Å². The summed E-state index contributed by atoms with van der Waals surface area (Å²) < 4.78 is 48.6. The number of nitrogens with one attached hydrogen (secondary N) is 1. The highest BCUT2D eigenvalue weighted by atomic mass is 35.5. The number of carbonyl (C=O) groups excluding carboxylic acids is 1. The van der Waals surface area contributed by atoms with E-state index in [1.165, 1.54) is 24.4 Å². The van der Waals surface area contributed by atoms with Gasteiger partial charge in [0.1, 0.15) is 11.9 Å². The molecule has 1 N–H and O–H groups in total. The fourth-order valence-electron chi connectivity index (χ4n) is 2.26. The number of hydrogen-bond donors (Lipinski definition) is 1. The number of rotatable bonds is 5. The molecular formula is C16H14ClFN2O5S. The van der Waals surface area contributed by atoms with Crippen molar-refractivity contribution < 1.29 is 27.1 Å². The molecule has 138 valence electrons. The van der Waals surface area contributed by atoms with Crippen molar-refractivity contribution in [1.82, 2.24) is 9.71 Å². The number of carbonyl (C=O) groups is 1. The Labute approximate surface area is 154 Å². The summed E-state index contributed by atoms with van der Waals surface area (Å²) in [6, 6.07) is 5.78. The van der Waals surface area contributed by atoms with Gasteiger partial charge in [0.2, 0.25) is 16.0 Å². The molecule has 0 atom stereocenters. The van der Waals surface area contributed by atoms with E-state index < -0.39 is 21.9 Å². The molecular weight excluding hydrogens is 387 g/mol. The molecule has 2 heterocycles. The van der Waals surface area contributed by atoms with Gasteiger partial charge >= 0.3 is 0 Å². The van der Waals surface area contributed by atoms with Crippen LogP contribution < -0.4 is 9.46 Å². The first-order valence-corrected chi connectivity index (χ1v) is 9.72. The van der Waals surface area contributed by atoms with Crippen LogP contribution in [0.3, 0.4) is 0 Å². The predicted octanol–water partition coefficient (Wildman–Crippen LogP) is 2.01. The van der Waals surface area contributed by atoms with Crippen molar-refractivity contribution in [3.05, 3.63) is 47.0 Å². The van der Waals surface area contributed by atoms with E-state index in [0.29, 0.717) is 30.1 Å². The number of pyridine rings is 1. The van der Waals surface area contributed by atoms with Crippen molar-refractivity contribution in [2.45, 2.75) is 6.10 Å². The number of hydrogen-bond acceptors (Lipinski definition) is 6. The molecule has 1 amide bonds. The predicted molar refractivity (Wildman–Crippen MR) is 92.2 cm³/mol. The maximum atomic E-state index is 13.3. The summed E-state index contributed by atoms with van der Waals surface area (Å²) in [4.78, 5) is 15.7. The summed E-state index contributed by atoms with van der Waals surface area (Å²) in [6.45, 7) is 0.781. The van der Waals surface area contributed by atoms with Crippen LogP contribution in [0.1, 0.15) is 10.4 Å². The summed E-state index contributed by atoms with van der Waals surface area (Å²) in [5.41, 5.74) is 1.11. The Balaban J connectivity index is 2.00. The van der Waals surface area contributed by atoms with Crippen molar-refractivity contribution in [1.29, 1.82) is 0 Å². The molecule has 0 spiro atoms. The van der Waals surface area contributed by atoms with Crippen LogP contribution in [0.15, 0.2) is 30.5 Å². The van der Waals surface area contributed by atoms with E-state index in [-0.39, 0.29) is 16.7 Å². The Morgan fingerprint density at radius 1 is 1.38 bits per heavy atom. The minimum absolute atomic E-state index is 0.0931. The Hall–Kier alpha value is -2.23. The van der Waals surface area contributed by atoms with E-state index in [9.17, 15) is 17.6 Å². The summed E-state index contributed by atoms with van der Waals surface area (Å²) in [5, 5.41) is -0.153. The van der Waals surface area contributed by atoms with Crippen LogP contribution in [0.4, 0.5) is 4.39 Å². The summed E-state index contributed by atoms with van der Waals surface area (Å²) in [6.07, 6.45) is 1.97. The van der Waals surface area contributed by atoms with Gasteiger partial charge in [-0.25, -0.2) is 18.1 Å². The normalized spacial score (nSPS) is 14.6. The fourth-order valence-corrected chi connectivity index (χ4v) is 2.88. The van der Waals surface area contributed by atoms with Crippen LogP contribution in [0.25, 0.3) is 11.1 Å². The van der Waals surface area contributed by atoms with Gasteiger partial charge in [-0.1, -0.05) is 11.6 Å². The van der Waals surface area contributed by atoms with Crippen molar-refractivity contribution >= 4 is 27.5 Å². The highest BCUT2D eigenvalue weighted by Gasteiger charge is 2.23. The molecule has 0 saturated carbocycles. The number of aromatic nitrogens is 1. The first-order valence-electron chi connectivity index (χ1n) is 7.45. The molecule has 1 saturated heterocycles. The second kappa shape index (κ2) is 7.18. The van der Waals surface area contributed by atoms with E-state index in [2.05, 4.69) is 4.98 Å². The van der Waals surface area contributed by atoms with Gasteiger partial charge in [-0.15, -0.1) is 0 Å². The van der Waals surface area contributed by atoms with Crippen LogP contribution in [0, 0.1) is 5.95 Å². The molecule has 1 aromatic carbocycles. The summed E-state index contributed by atoms with van der Waals surface area (Å²) >= 11 is 5.79. The first kappa shape index (κ1) is 18.6. The van der Waals surface area contributed by atoms with Crippen LogP contribution >= 0.6 is 11.6 Å². The lowest BCUT2D eigenvalue weighted by atomic mass is 10.0. The van der Waals surface area contributed by atoms with Gasteiger partial charge in [0.15, 0.2) is 0 Å². The second-order valence-corrected chi connectivity index (χ2v) is 7.84. The third-order valence-corrected chi connectivity index (χ3v) is 4.35. The smallest absolute Gasteiger partial charge is 0.264 e. The Morgan fingerprint density at radius 2 is 2.12 bits per heavy atom. The maximum absolute atomic E-state index is 13.3. The molecule has 2 aromatic rings. The number of amides is 1. The monoisotopic (exact) mass is 400 g/mol.